The van der Waals surface area contributed by atoms with Gasteiger partial charge in [0, 0.05) is 18.4 Å². The first kappa shape index (κ1) is 12.9. The maximum atomic E-state index is 11.4. The van der Waals surface area contributed by atoms with Gasteiger partial charge >= 0.3 is 0 Å². The molecule has 2 heterocycles. The van der Waals surface area contributed by atoms with E-state index in [1.807, 2.05) is 0 Å². The van der Waals surface area contributed by atoms with Crippen molar-refractivity contribution >= 4 is 33.3 Å². The quantitative estimate of drug-likeness (QED) is 0.870. The van der Waals surface area contributed by atoms with Crippen molar-refractivity contribution in [1.29, 1.82) is 0 Å². The Morgan fingerprint density at radius 2 is 2.47 bits per heavy atom. The van der Waals surface area contributed by atoms with Gasteiger partial charge in [-0.3, -0.25) is 4.79 Å². The van der Waals surface area contributed by atoms with E-state index in [1.54, 1.807) is 0 Å². The van der Waals surface area contributed by atoms with Crippen molar-refractivity contribution in [1.82, 2.24) is 9.97 Å². The smallest absolute Gasteiger partial charge is 0.271 e. The zero-order valence-corrected chi connectivity index (χ0v) is 11.8. The second-order valence-electron chi connectivity index (χ2n) is 4.30. The standard InChI is InChI=1S/C11H15BrClN3O/c12-4-3-8-2-1-5-16(6-8)10-9(13)11(17)15-7-14-10/h7-8H,1-6H2,(H,14,15,17). The molecule has 1 aromatic heterocycles. The van der Waals surface area contributed by atoms with Crippen molar-refractivity contribution in [2.45, 2.75) is 19.3 Å². The average Bonchev–Trinajstić information content (AvgIpc) is 2.33. The second-order valence-corrected chi connectivity index (χ2v) is 5.47. The number of piperidine rings is 1. The number of rotatable bonds is 3. The van der Waals surface area contributed by atoms with Crippen LogP contribution in [0, 0.1) is 5.92 Å². The van der Waals surface area contributed by atoms with Crippen LogP contribution >= 0.6 is 27.5 Å². The maximum absolute atomic E-state index is 11.4. The van der Waals surface area contributed by atoms with Crippen LogP contribution < -0.4 is 10.5 Å². The third kappa shape index (κ3) is 3.01. The molecule has 1 fully saturated rings. The van der Waals surface area contributed by atoms with Gasteiger partial charge in [0.1, 0.15) is 5.02 Å². The van der Waals surface area contributed by atoms with E-state index in [4.69, 9.17) is 11.6 Å². The third-order valence-corrected chi connectivity index (χ3v) is 3.91. The van der Waals surface area contributed by atoms with E-state index in [0.29, 0.717) is 11.7 Å². The SMILES string of the molecule is O=c1[nH]cnc(N2CCCC(CCBr)C2)c1Cl. The summed E-state index contributed by atoms with van der Waals surface area (Å²) in [6, 6.07) is 0. The molecule has 17 heavy (non-hydrogen) atoms. The van der Waals surface area contributed by atoms with Gasteiger partial charge in [-0.15, -0.1) is 0 Å². The largest absolute Gasteiger partial charge is 0.355 e. The van der Waals surface area contributed by atoms with E-state index in [0.717, 1.165) is 31.3 Å². The highest BCUT2D eigenvalue weighted by Gasteiger charge is 2.22. The molecule has 0 aromatic carbocycles. The molecule has 94 valence electrons. The van der Waals surface area contributed by atoms with Crippen molar-refractivity contribution < 1.29 is 0 Å². The Hall–Kier alpha value is -0.550. The van der Waals surface area contributed by atoms with Crippen LogP contribution in [0.3, 0.4) is 0 Å². The van der Waals surface area contributed by atoms with Crippen molar-refractivity contribution in [3.63, 3.8) is 0 Å². The van der Waals surface area contributed by atoms with Crippen molar-refractivity contribution in [2.24, 2.45) is 5.92 Å². The Morgan fingerprint density at radius 1 is 1.65 bits per heavy atom. The Bertz CT molecular complexity index is 435. The molecular formula is C11H15BrClN3O. The van der Waals surface area contributed by atoms with Gasteiger partial charge in [0.05, 0.1) is 6.33 Å². The molecule has 1 atom stereocenters. The fourth-order valence-electron chi connectivity index (χ4n) is 2.24. The molecule has 1 aliphatic heterocycles. The number of nitrogens with one attached hydrogen (secondary N) is 1. The number of aromatic nitrogens is 2. The van der Waals surface area contributed by atoms with E-state index in [-0.39, 0.29) is 10.6 Å². The van der Waals surface area contributed by atoms with Crippen LogP contribution in [0.2, 0.25) is 5.02 Å². The molecule has 0 radical (unpaired) electrons. The summed E-state index contributed by atoms with van der Waals surface area (Å²) in [4.78, 5) is 20.2. The normalized spacial score (nSPS) is 20.6. The number of alkyl halides is 1. The van der Waals surface area contributed by atoms with Crippen LogP contribution in [0.25, 0.3) is 0 Å². The van der Waals surface area contributed by atoms with E-state index < -0.39 is 0 Å². The molecular weight excluding hydrogens is 305 g/mol. The van der Waals surface area contributed by atoms with E-state index in [1.165, 1.54) is 12.7 Å². The summed E-state index contributed by atoms with van der Waals surface area (Å²) in [6.07, 6.45) is 4.93. The molecule has 0 aliphatic carbocycles. The highest BCUT2D eigenvalue weighted by molar-refractivity contribution is 9.09. The van der Waals surface area contributed by atoms with Gasteiger partial charge in [0.15, 0.2) is 5.82 Å². The minimum Gasteiger partial charge on any atom is -0.355 e. The number of hydrogen-bond acceptors (Lipinski definition) is 3. The predicted molar refractivity (Wildman–Crippen MR) is 73.2 cm³/mol. The lowest BCUT2D eigenvalue weighted by Gasteiger charge is -2.33. The molecule has 0 spiro atoms. The molecule has 1 aromatic rings. The van der Waals surface area contributed by atoms with E-state index >= 15 is 0 Å². The molecule has 1 N–H and O–H groups in total. The van der Waals surface area contributed by atoms with Crippen LogP contribution in [-0.2, 0) is 0 Å². The number of halogens is 2. The van der Waals surface area contributed by atoms with Gasteiger partial charge in [-0.1, -0.05) is 27.5 Å². The predicted octanol–water partition coefficient (Wildman–Crippen LogP) is 2.42. The highest BCUT2D eigenvalue weighted by atomic mass is 79.9. The van der Waals surface area contributed by atoms with Crippen LogP contribution in [0.1, 0.15) is 19.3 Å². The van der Waals surface area contributed by atoms with Gasteiger partial charge in [-0.2, -0.15) is 0 Å². The first-order valence-electron chi connectivity index (χ1n) is 5.76. The number of hydrogen-bond donors (Lipinski definition) is 1. The van der Waals surface area contributed by atoms with Gasteiger partial charge < -0.3 is 9.88 Å². The first-order chi connectivity index (χ1) is 8.22. The first-order valence-corrected chi connectivity index (χ1v) is 7.26. The topological polar surface area (TPSA) is 49.0 Å². The van der Waals surface area contributed by atoms with Crippen LogP contribution in [0.4, 0.5) is 5.82 Å². The van der Waals surface area contributed by atoms with E-state index in [2.05, 4.69) is 30.8 Å². The van der Waals surface area contributed by atoms with Crippen LogP contribution in [-0.4, -0.2) is 28.4 Å². The van der Waals surface area contributed by atoms with Gasteiger partial charge in [-0.05, 0) is 25.2 Å². The van der Waals surface area contributed by atoms with Gasteiger partial charge in [-0.25, -0.2) is 4.98 Å². The zero-order chi connectivity index (χ0) is 12.3. The van der Waals surface area contributed by atoms with Crippen LogP contribution in [0.15, 0.2) is 11.1 Å². The molecule has 6 heteroatoms. The lowest BCUT2D eigenvalue weighted by atomic mass is 9.96. The average molecular weight is 321 g/mol. The summed E-state index contributed by atoms with van der Waals surface area (Å²) in [7, 11) is 0. The number of aromatic amines is 1. The molecule has 0 bridgehead atoms. The molecule has 1 unspecified atom stereocenters. The lowest BCUT2D eigenvalue weighted by molar-refractivity contribution is 0.406. The fraction of sp³-hybridized carbons (Fsp3) is 0.636. The molecule has 0 amide bonds. The lowest BCUT2D eigenvalue weighted by Crippen LogP contribution is -2.37. The number of nitrogens with zero attached hydrogens (tertiary/aromatic N) is 2. The Balaban J connectivity index is 2.16. The minimum atomic E-state index is -0.265. The summed E-state index contributed by atoms with van der Waals surface area (Å²) in [5.74, 6) is 1.27. The highest BCUT2D eigenvalue weighted by Crippen LogP contribution is 2.26. The monoisotopic (exact) mass is 319 g/mol. The number of anilines is 1. The summed E-state index contributed by atoms with van der Waals surface area (Å²) >= 11 is 9.47. The summed E-state index contributed by atoms with van der Waals surface area (Å²) in [5.41, 5.74) is -0.265. The second kappa shape index (κ2) is 5.87. The minimum absolute atomic E-state index is 0.201. The molecule has 1 aliphatic rings. The molecule has 0 saturated carbocycles. The maximum Gasteiger partial charge on any atom is 0.271 e. The summed E-state index contributed by atoms with van der Waals surface area (Å²) < 4.78 is 0. The van der Waals surface area contributed by atoms with Crippen LogP contribution in [0.5, 0.6) is 0 Å². The van der Waals surface area contributed by atoms with E-state index in [9.17, 15) is 4.79 Å². The third-order valence-electron chi connectivity index (χ3n) is 3.11. The number of H-pyrrole nitrogens is 1. The van der Waals surface area contributed by atoms with Crippen molar-refractivity contribution in [3.05, 3.63) is 21.7 Å². The Labute approximate surface area is 114 Å². The zero-order valence-electron chi connectivity index (χ0n) is 9.46. The summed E-state index contributed by atoms with van der Waals surface area (Å²) in [6.45, 7) is 1.86. The van der Waals surface area contributed by atoms with Crippen molar-refractivity contribution in [3.8, 4) is 0 Å². The van der Waals surface area contributed by atoms with Gasteiger partial charge in [0.2, 0.25) is 0 Å². The Morgan fingerprint density at radius 3 is 3.24 bits per heavy atom. The summed E-state index contributed by atoms with van der Waals surface area (Å²) in [5, 5.41) is 1.22. The molecule has 1 saturated heterocycles. The van der Waals surface area contributed by atoms with Crippen molar-refractivity contribution in [2.75, 3.05) is 23.3 Å². The fourth-order valence-corrected chi connectivity index (χ4v) is 3.11. The van der Waals surface area contributed by atoms with Gasteiger partial charge in [0.25, 0.3) is 5.56 Å². The Kier molecular flexibility index (Phi) is 4.45. The molecule has 2 rings (SSSR count). The molecule has 4 nitrogen and oxygen atoms in total.